The maximum absolute atomic E-state index is 13.0. The molecular weight excluding hydrogens is 389 g/mol. The Kier molecular flexibility index (Phi) is 5.01. The second kappa shape index (κ2) is 7.78. The molecule has 0 bridgehead atoms. The molecule has 2 aromatic heterocycles. The number of benzene rings is 2. The first-order valence-corrected chi connectivity index (χ1v) is 9.15. The lowest BCUT2D eigenvalue weighted by molar-refractivity contribution is -0.117. The highest BCUT2D eigenvalue weighted by Gasteiger charge is 2.16. The molecule has 1 N–H and O–H groups in total. The van der Waals surface area contributed by atoms with Crippen molar-refractivity contribution in [1.29, 1.82) is 0 Å². The summed E-state index contributed by atoms with van der Waals surface area (Å²) in [6.07, 6.45) is 2.88. The number of carbonyl (C=O) groups is 1. The van der Waals surface area contributed by atoms with Crippen molar-refractivity contribution in [3.05, 3.63) is 82.3 Å². The maximum atomic E-state index is 13.0. The number of fused-ring (bicyclic) bond motifs is 1. The molecule has 1 amide bonds. The van der Waals surface area contributed by atoms with E-state index in [4.69, 9.17) is 4.74 Å². The Labute approximate surface area is 170 Å². The van der Waals surface area contributed by atoms with Crippen molar-refractivity contribution in [2.45, 2.75) is 20.4 Å². The van der Waals surface area contributed by atoms with Crippen LogP contribution in [0.15, 0.2) is 59.7 Å². The third-order valence-corrected chi connectivity index (χ3v) is 4.30. The number of halogens is 1. The van der Waals surface area contributed by atoms with Crippen molar-refractivity contribution in [1.82, 2.24) is 19.2 Å². The Hall–Kier alpha value is -4.01. The third kappa shape index (κ3) is 4.04. The zero-order valence-electron chi connectivity index (χ0n) is 16.3. The van der Waals surface area contributed by atoms with E-state index in [2.05, 4.69) is 15.4 Å². The lowest BCUT2D eigenvalue weighted by Crippen LogP contribution is -2.28. The predicted octanol–water partition coefficient (Wildman–Crippen LogP) is 3.08. The van der Waals surface area contributed by atoms with Crippen LogP contribution in [0.3, 0.4) is 0 Å². The average Bonchev–Trinajstić information content (AvgIpc) is 3.00. The van der Waals surface area contributed by atoms with E-state index in [1.165, 1.54) is 41.1 Å². The number of hydrogen-bond donors (Lipinski definition) is 1. The Balaban J connectivity index is 1.60. The highest BCUT2D eigenvalue weighted by atomic mass is 19.1. The fourth-order valence-electron chi connectivity index (χ4n) is 3.07. The number of rotatable bonds is 5. The summed E-state index contributed by atoms with van der Waals surface area (Å²) in [6, 6.07) is 11.0. The summed E-state index contributed by atoms with van der Waals surface area (Å²) in [5, 5.41) is 6.80. The Morgan fingerprint density at radius 1 is 1.13 bits per heavy atom. The number of aromatic nitrogens is 4. The van der Waals surface area contributed by atoms with E-state index >= 15 is 0 Å². The maximum Gasteiger partial charge on any atom is 0.351 e. The number of ether oxygens (including phenoxy) is 1. The molecular formula is C21H18FN5O3. The van der Waals surface area contributed by atoms with Crippen LogP contribution < -0.4 is 15.7 Å². The van der Waals surface area contributed by atoms with Crippen LogP contribution in [-0.2, 0) is 11.3 Å². The molecule has 4 rings (SSSR count). The first-order valence-electron chi connectivity index (χ1n) is 9.15. The van der Waals surface area contributed by atoms with E-state index < -0.39 is 17.4 Å². The molecule has 2 heterocycles. The minimum atomic E-state index is -0.507. The monoisotopic (exact) mass is 407 g/mol. The van der Waals surface area contributed by atoms with Gasteiger partial charge in [0, 0.05) is 18.1 Å². The van der Waals surface area contributed by atoms with Gasteiger partial charge >= 0.3 is 5.69 Å². The summed E-state index contributed by atoms with van der Waals surface area (Å²) in [5.41, 5.74) is 2.15. The number of amides is 1. The van der Waals surface area contributed by atoms with E-state index in [9.17, 15) is 14.0 Å². The minimum Gasteiger partial charge on any atom is -0.436 e. The molecule has 2 aromatic carbocycles. The van der Waals surface area contributed by atoms with Crippen molar-refractivity contribution in [2.75, 3.05) is 5.32 Å². The quantitative estimate of drug-likeness (QED) is 0.549. The van der Waals surface area contributed by atoms with Gasteiger partial charge in [-0.2, -0.15) is 0 Å². The van der Waals surface area contributed by atoms with Gasteiger partial charge in [-0.1, -0.05) is 6.07 Å². The van der Waals surface area contributed by atoms with Gasteiger partial charge in [-0.25, -0.2) is 23.3 Å². The molecule has 0 aliphatic carbocycles. The highest BCUT2D eigenvalue weighted by Crippen LogP contribution is 2.24. The summed E-state index contributed by atoms with van der Waals surface area (Å²) < 4.78 is 21.1. The van der Waals surface area contributed by atoms with Gasteiger partial charge in [-0.15, -0.1) is 5.10 Å². The van der Waals surface area contributed by atoms with Crippen LogP contribution in [0.1, 0.15) is 11.1 Å². The topological polar surface area (TPSA) is 90.5 Å². The molecule has 0 atom stereocenters. The molecule has 30 heavy (non-hydrogen) atoms. The van der Waals surface area contributed by atoms with Gasteiger partial charge in [-0.3, -0.25) is 4.79 Å². The smallest absolute Gasteiger partial charge is 0.351 e. The van der Waals surface area contributed by atoms with Gasteiger partial charge < -0.3 is 10.1 Å². The zero-order chi connectivity index (χ0) is 21.3. The van der Waals surface area contributed by atoms with Crippen molar-refractivity contribution < 1.29 is 13.9 Å². The van der Waals surface area contributed by atoms with Gasteiger partial charge in [0.2, 0.25) is 11.6 Å². The van der Waals surface area contributed by atoms with Gasteiger partial charge in [0.05, 0.1) is 0 Å². The second-order valence-corrected chi connectivity index (χ2v) is 6.85. The van der Waals surface area contributed by atoms with E-state index in [1.54, 1.807) is 0 Å². The van der Waals surface area contributed by atoms with Crippen LogP contribution in [0.25, 0.3) is 5.65 Å². The zero-order valence-corrected chi connectivity index (χ0v) is 16.3. The number of nitrogens with one attached hydrogen (secondary N) is 1. The first-order chi connectivity index (χ1) is 14.4. The minimum absolute atomic E-state index is 0.150. The molecule has 8 nitrogen and oxygen atoms in total. The normalized spacial score (nSPS) is 10.9. The van der Waals surface area contributed by atoms with E-state index in [-0.39, 0.29) is 18.1 Å². The molecule has 0 fully saturated rings. The average molecular weight is 407 g/mol. The van der Waals surface area contributed by atoms with Crippen LogP contribution in [0, 0.1) is 19.7 Å². The van der Waals surface area contributed by atoms with Gasteiger partial charge in [-0.05, 0) is 61.4 Å². The number of carbonyl (C=O) groups excluding carboxylic acids is 1. The SMILES string of the molecule is Cc1cc(C)cc(Oc2nccn3c(=O)n(CC(=O)Nc4ccc(F)cc4)nc23)c1. The lowest BCUT2D eigenvalue weighted by atomic mass is 10.1. The molecule has 0 radical (unpaired) electrons. The van der Waals surface area contributed by atoms with E-state index in [0.29, 0.717) is 11.4 Å². The molecule has 152 valence electrons. The van der Waals surface area contributed by atoms with Gasteiger partial charge in [0.25, 0.3) is 5.88 Å². The van der Waals surface area contributed by atoms with Crippen LogP contribution in [-0.4, -0.2) is 25.1 Å². The summed E-state index contributed by atoms with van der Waals surface area (Å²) >= 11 is 0. The van der Waals surface area contributed by atoms with Crippen LogP contribution in [0.2, 0.25) is 0 Å². The molecule has 0 aliphatic rings. The van der Waals surface area contributed by atoms with Crippen LogP contribution in [0.4, 0.5) is 10.1 Å². The van der Waals surface area contributed by atoms with Gasteiger partial charge in [0.1, 0.15) is 18.1 Å². The number of nitrogens with zero attached hydrogens (tertiary/aromatic N) is 4. The van der Waals surface area contributed by atoms with Crippen LogP contribution >= 0.6 is 0 Å². The fraction of sp³-hybridized carbons (Fsp3) is 0.143. The van der Waals surface area contributed by atoms with Crippen molar-refractivity contribution in [3.8, 4) is 11.6 Å². The Morgan fingerprint density at radius 2 is 1.83 bits per heavy atom. The second-order valence-electron chi connectivity index (χ2n) is 6.85. The molecule has 0 aliphatic heterocycles. The highest BCUT2D eigenvalue weighted by molar-refractivity contribution is 5.90. The summed E-state index contributed by atoms with van der Waals surface area (Å²) in [6.45, 7) is 3.58. The number of aryl methyl sites for hydroxylation is 2. The predicted molar refractivity (Wildman–Crippen MR) is 108 cm³/mol. The number of anilines is 1. The molecule has 0 unspecified atom stereocenters. The molecule has 4 aromatic rings. The van der Waals surface area contributed by atoms with Crippen molar-refractivity contribution >= 4 is 17.2 Å². The molecule has 0 saturated heterocycles. The standard InChI is InChI=1S/C21H18FN5O3/c1-13-9-14(2)11-17(10-13)30-20-19-25-27(21(29)26(19)8-7-23-20)12-18(28)24-16-5-3-15(22)4-6-16/h3-11H,12H2,1-2H3,(H,24,28). The summed E-state index contributed by atoms with van der Waals surface area (Å²) in [5.74, 6) is -0.160. The fourth-order valence-corrected chi connectivity index (χ4v) is 3.07. The number of hydrogen-bond acceptors (Lipinski definition) is 5. The lowest BCUT2D eigenvalue weighted by Gasteiger charge is -2.07. The summed E-state index contributed by atoms with van der Waals surface area (Å²) in [4.78, 5) is 29.1. The Bertz CT molecular complexity index is 1270. The van der Waals surface area contributed by atoms with E-state index in [1.807, 2.05) is 32.0 Å². The first kappa shape index (κ1) is 19.3. The Morgan fingerprint density at radius 3 is 2.53 bits per heavy atom. The van der Waals surface area contributed by atoms with Crippen molar-refractivity contribution in [2.24, 2.45) is 0 Å². The van der Waals surface area contributed by atoms with Crippen LogP contribution in [0.5, 0.6) is 11.6 Å². The third-order valence-electron chi connectivity index (χ3n) is 4.30. The van der Waals surface area contributed by atoms with Crippen molar-refractivity contribution in [3.63, 3.8) is 0 Å². The van der Waals surface area contributed by atoms with Gasteiger partial charge in [0.15, 0.2) is 0 Å². The largest absolute Gasteiger partial charge is 0.436 e. The van der Waals surface area contributed by atoms with E-state index in [0.717, 1.165) is 15.8 Å². The molecule has 9 heteroatoms. The summed E-state index contributed by atoms with van der Waals surface area (Å²) in [7, 11) is 0. The molecule has 0 spiro atoms. The molecule has 0 saturated carbocycles.